The third-order valence-electron chi connectivity index (χ3n) is 2.35. The van der Waals surface area contributed by atoms with Gasteiger partial charge in [-0.1, -0.05) is 6.07 Å². The molecule has 0 amide bonds. The van der Waals surface area contributed by atoms with Crippen molar-refractivity contribution in [3.63, 3.8) is 0 Å². The first-order chi connectivity index (χ1) is 7.10. The summed E-state index contributed by atoms with van der Waals surface area (Å²) < 4.78 is 5.09. The number of aryl methyl sites for hydroxylation is 1. The Hall–Kier alpha value is -1.82. The number of hydrogen-bond acceptors (Lipinski definition) is 3. The van der Waals surface area contributed by atoms with Gasteiger partial charge in [0.1, 0.15) is 11.7 Å². The van der Waals surface area contributed by atoms with E-state index in [9.17, 15) is 0 Å². The molecule has 78 valence electrons. The van der Waals surface area contributed by atoms with Crippen molar-refractivity contribution in [2.75, 3.05) is 7.11 Å². The first-order valence-corrected chi connectivity index (χ1v) is 4.69. The Morgan fingerprint density at radius 2 is 2.20 bits per heavy atom. The van der Waals surface area contributed by atoms with Crippen LogP contribution in [0.3, 0.4) is 0 Å². The molecule has 1 N–H and O–H groups in total. The van der Waals surface area contributed by atoms with E-state index in [-0.39, 0.29) is 0 Å². The van der Waals surface area contributed by atoms with E-state index in [1.807, 2.05) is 25.1 Å². The van der Waals surface area contributed by atoms with E-state index >= 15 is 0 Å². The maximum absolute atomic E-state index is 8.98. The Morgan fingerprint density at radius 3 is 2.60 bits per heavy atom. The summed E-state index contributed by atoms with van der Waals surface area (Å²) in [6.45, 7) is 3.57. The summed E-state index contributed by atoms with van der Waals surface area (Å²) in [5.41, 5.74) is 2.23. The summed E-state index contributed by atoms with van der Waals surface area (Å²) in [7, 11) is 1.61. The van der Waals surface area contributed by atoms with Gasteiger partial charge < -0.3 is 10.1 Å². The van der Waals surface area contributed by atoms with Crippen molar-refractivity contribution >= 4 is 5.71 Å². The molecule has 3 nitrogen and oxygen atoms in total. The van der Waals surface area contributed by atoms with Gasteiger partial charge in [0.2, 0.25) is 0 Å². The second-order valence-corrected chi connectivity index (χ2v) is 3.47. The van der Waals surface area contributed by atoms with Gasteiger partial charge in [0.15, 0.2) is 0 Å². The number of nitrogens with zero attached hydrogens (tertiary/aromatic N) is 1. The fourth-order valence-electron chi connectivity index (χ4n) is 1.50. The number of hydrogen-bond donors (Lipinski definition) is 1. The van der Waals surface area contributed by atoms with Crippen LogP contribution in [0.1, 0.15) is 24.0 Å². The molecule has 0 aliphatic carbocycles. The van der Waals surface area contributed by atoms with Gasteiger partial charge in [-0.3, -0.25) is 0 Å². The van der Waals surface area contributed by atoms with Crippen LogP contribution in [0.25, 0.3) is 0 Å². The highest BCUT2D eigenvalue weighted by molar-refractivity contribution is 5.89. The predicted molar refractivity (Wildman–Crippen MR) is 59.5 cm³/mol. The summed E-state index contributed by atoms with van der Waals surface area (Å²) in [5.74, 6) is 0.325. The molecule has 1 aromatic carbocycles. The largest absolute Gasteiger partial charge is 0.497 e. The van der Waals surface area contributed by atoms with Crippen molar-refractivity contribution in [1.82, 2.24) is 0 Å². The van der Waals surface area contributed by atoms with Crippen LogP contribution in [-0.2, 0) is 0 Å². The van der Waals surface area contributed by atoms with E-state index in [0.717, 1.165) is 16.9 Å². The van der Waals surface area contributed by atoms with Crippen LogP contribution >= 0.6 is 0 Å². The summed E-state index contributed by atoms with van der Waals surface area (Å²) in [6, 6.07) is 7.67. The van der Waals surface area contributed by atoms with Crippen molar-refractivity contribution in [3.8, 4) is 11.8 Å². The van der Waals surface area contributed by atoms with Crippen LogP contribution in [0.4, 0.5) is 0 Å². The fraction of sp³-hybridized carbons (Fsp3) is 0.333. The highest BCUT2D eigenvalue weighted by Gasteiger charge is 2.15. The molecule has 0 aromatic heterocycles. The van der Waals surface area contributed by atoms with Crippen LogP contribution < -0.4 is 4.74 Å². The number of ether oxygens (including phenoxy) is 1. The molecule has 1 atom stereocenters. The van der Waals surface area contributed by atoms with E-state index in [2.05, 4.69) is 6.07 Å². The second kappa shape index (κ2) is 4.61. The molecule has 0 saturated carbocycles. The lowest BCUT2D eigenvalue weighted by atomic mass is 9.92. The Labute approximate surface area is 89.8 Å². The molecule has 0 radical (unpaired) electrons. The van der Waals surface area contributed by atoms with Crippen LogP contribution in [0, 0.1) is 23.7 Å². The van der Waals surface area contributed by atoms with Crippen molar-refractivity contribution in [2.45, 2.75) is 19.8 Å². The molecular weight excluding hydrogens is 188 g/mol. The monoisotopic (exact) mass is 202 g/mol. The van der Waals surface area contributed by atoms with Crippen molar-refractivity contribution < 1.29 is 4.74 Å². The van der Waals surface area contributed by atoms with Gasteiger partial charge in [0, 0.05) is 5.71 Å². The summed E-state index contributed by atoms with van der Waals surface area (Å²) >= 11 is 0. The van der Waals surface area contributed by atoms with Crippen molar-refractivity contribution in [2.24, 2.45) is 0 Å². The lowest BCUT2D eigenvalue weighted by Crippen LogP contribution is -2.07. The number of benzene rings is 1. The SMILES string of the molecule is COc1ccc(C(C#N)C(C)=N)c(C)c1. The molecule has 0 bridgehead atoms. The van der Waals surface area contributed by atoms with Gasteiger partial charge in [0.25, 0.3) is 0 Å². The molecule has 0 fully saturated rings. The molecule has 0 spiro atoms. The summed E-state index contributed by atoms with van der Waals surface area (Å²) in [6.07, 6.45) is 0. The Balaban J connectivity index is 3.16. The highest BCUT2D eigenvalue weighted by Crippen LogP contribution is 2.24. The summed E-state index contributed by atoms with van der Waals surface area (Å²) in [5, 5.41) is 16.5. The predicted octanol–water partition coefficient (Wildman–Crippen LogP) is 2.65. The standard InChI is InChI=1S/C12H14N2O/c1-8-6-10(15-3)4-5-11(8)12(7-13)9(2)14/h4-6,12,14H,1-3H3. The molecule has 1 rings (SSSR count). The first-order valence-electron chi connectivity index (χ1n) is 4.69. The lowest BCUT2D eigenvalue weighted by molar-refractivity contribution is 0.414. The molecule has 0 aliphatic heterocycles. The minimum Gasteiger partial charge on any atom is -0.497 e. The minimum atomic E-state index is -0.448. The van der Waals surface area contributed by atoms with Gasteiger partial charge in [-0.05, 0) is 37.1 Å². The first kappa shape index (κ1) is 11.3. The quantitative estimate of drug-likeness (QED) is 0.766. The average Bonchev–Trinajstić information content (AvgIpc) is 2.20. The Kier molecular flexibility index (Phi) is 3.46. The van der Waals surface area contributed by atoms with E-state index in [4.69, 9.17) is 15.4 Å². The molecule has 0 heterocycles. The molecule has 1 aromatic rings. The van der Waals surface area contributed by atoms with Crippen LogP contribution in [0.2, 0.25) is 0 Å². The maximum Gasteiger partial charge on any atom is 0.119 e. The van der Waals surface area contributed by atoms with Gasteiger partial charge in [-0.15, -0.1) is 0 Å². The molecule has 15 heavy (non-hydrogen) atoms. The van der Waals surface area contributed by atoms with Crippen molar-refractivity contribution in [3.05, 3.63) is 29.3 Å². The zero-order valence-corrected chi connectivity index (χ0v) is 9.16. The van der Waals surface area contributed by atoms with E-state index in [1.54, 1.807) is 14.0 Å². The van der Waals surface area contributed by atoms with Crippen LogP contribution in [0.5, 0.6) is 5.75 Å². The zero-order chi connectivity index (χ0) is 11.4. The van der Waals surface area contributed by atoms with Gasteiger partial charge >= 0.3 is 0 Å². The zero-order valence-electron chi connectivity index (χ0n) is 9.16. The van der Waals surface area contributed by atoms with Crippen LogP contribution in [0.15, 0.2) is 18.2 Å². The number of nitrogens with one attached hydrogen (secondary N) is 1. The minimum absolute atomic E-state index is 0.366. The molecule has 0 aliphatic rings. The van der Waals surface area contributed by atoms with Gasteiger partial charge in [-0.25, -0.2) is 0 Å². The third kappa shape index (κ3) is 2.35. The summed E-state index contributed by atoms with van der Waals surface area (Å²) in [4.78, 5) is 0. The highest BCUT2D eigenvalue weighted by atomic mass is 16.5. The van der Waals surface area contributed by atoms with Gasteiger partial charge in [0.05, 0.1) is 13.2 Å². The van der Waals surface area contributed by atoms with Crippen molar-refractivity contribution in [1.29, 1.82) is 10.7 Å². The van der Waals surface area contributed by atoms with E-state index in [0.29, 0.717) is 5.71 Å². The average molecular weight is 202 g/mol. The smallest absolute Gasteiger partial charge is 0.119 e. The normalized spacial score (nSPS) is 11.6. The number of rotatable bonds is 3. The molecule has 1 unspecified atom stereocenters. The molecule has 0 saturated heterocycles. The van der Waals surface area contributed by atoms with E-state index < -0.39 is 5.92 Å². The molecular formula is C12H14N2O. The fourth-order valence-corrected chi connectivity index (χ4v) is 1.50. The van der Waals surface area contributed by atoms with E-state index in [1.165, 1.54) is 0 Å². The Morgan fingerprint density at radius 1 is 1.53 bits per heavy atom. The lowest BCUT2D eigenvalue weighted by Gasteiger charge is -2.12. The van der Waals surface area contributed by atoms with Gasteiger partial charge in [-0.2, -0.15) is 5.26 Å². The number of nitriles is 1. The second-order valence-electron chi connectivity index (χ2n) is 3.47. The Bertz CT molecular complexity index is 418. The number of methoxy groups -OCH3 is 1. The molecule has 3 heteroatoms. The third-order valence-corrected chi connectivity index (χ3v) is 2.35. The maximum atomic E-state index is 8.98. The topological polar surface area (TPSA) is 56.9 Å². The van der Waals surface area contributed by atoms with Crippen LogP contribution in [-0.4, -0.2) is 12.8 Å².